The zero-order chi connectivity index (χ0) is 9.56. The maximum atomic E-state index is 5.73. The van der Waals surface area contributed by atoms with Crippen molar-refractivity contribution in [1.82, 2.24) is 4.90 Å². The number of likely N-dealkylation sites (N-methyl/N-ethyl adjacent to an activating group) is 1. The lowest BCUT2D eigenvalue weighted by atomic mass is 10.1. The molecule has 0 rings (SSSR count). The minimum absolute atomic E-state index is 0.583. The average Bonchev–Trinajstić information content (AvgIpc) is 2.03. The minimum Gasteiger partial charge on any atom is -0.329 e. The molecule has 0 aliphatic rings. The summed E-state index contributed by atoms with van der Waals surface area (Å²) in [6, 6.07) is 1.20. The fraction of sp³-hybridized carbons (Fsp3) is 1.00. The zero-order valence-corrected chi connectivity index (χ0v) is 9.01. The van der Waals surface area contributed by atoms with Gasteiger partial charge in [0.2, 0.25) is 0 Å². The predicted octanol–water partition coefficient (Wildman–Crippen LogP) is 1.84. The van der Waals surface area contributed by atoms with Crippen molar-refractivity contribution in [2.45, 2.75) is 52.6 Å². The predicted molar refractivity (Wildman–Crippen MR) is 55.3 cm³/mol. The molecular weight excluding hydrogens is 148 g/mol. The van der Waals surface area contributed by atoms with Gasteiger partial charge in [0, 0.05) is 18.6 Å². The van der Waals surface area contributed by atoms with Crippen molar-refractivity contribution in [2.24, 2.45) is 5.73 Å². The Morgan fingerprint density at radius 2 is 1.83 bits per heavy atom. The monoisotopic (exact) mass is 172 g/mol. The van der Waals surface area contributed by atoms with Gasteiger partial charge in [0.1, 0.15) is 0 Å². The van der Waals surface area contributed by atoms with Crippen LogP contribution in [0.15, 0.2) is 0 Å². The van der Waals surface area contributed by atoms with Gasteiger partial charge in [0.25, 0.3) is 0 Å². The third kappa shape index (κ3) is 3.55. The highest BCUT2D eigenvalue weighted by molar-refractivity contribution is 4.73. The van der Waals surface area contributed by atoms with Crippen LogP contribution in [0.5, 0.6) is 0 Å². The molecule has 0 saturated heterocycles. The Morgan fingerprint density at radius 3 is 2.08 bits per heavy atom. The molecule has 0 radical (unpaired) electrons. The first-order valence-corrected chi connectivity index (χ1v) is 5.13. The maximum absolute atomic E-state index is 5.73. The van der Waals surface area contributed by atoms with Gasteiger partial charge in [0.15, 0.2) is 0 Å². The lowest BCUT2D eigenvalue weighted by molar-refractivity contribution is 0.157. The van der Waals surface area contributed by atoms with E-state index in [0.717, 1.165) is 13.1 Å². The Labute approximate surface area is 77.1 Å². The van der Waals surface area contributed by atoms with E-state index in [1.165, 1.54) is 12.8 Å². The van der Waals surface area contributed by atoms with Gasteiger partial charge in [-0.1, -0.05) is 20.3 Å². The molecule has 2 nitrogen and oxygen atoms in total. The second kappa shape index (κ2) is 6.44. The van der Waals surface area contributed by atoms with Crippen LogP contribution in [-0.2, 0) is 0 Å². The molecule has 0 saturated carbocycles. The van der Waals surface area contributed by atoms with Gasteiger partial charge < -0.3 is 5.73 Å². The Kier molecular flexibility index (Phi) is 6.39. The van der Waals surface area contributed by atoms with Gasteiger partial charge in [-0.3, -0.25) is 4.90 Å². The molecule has 0 aliphatic heterocycles. The maximum Gasteiger partial charge on any atom is 0.0220 e. The van der Waals surface area contributed by atoms with Crippen LogP contribution < -0.4 is 5.73 Å². The zero-order valence-electron chi connectivity index (χ0n) is 9.01. The summed E-state index contributed by atoms with van der Waals surface area (Å²) in [5.74, 6) is 0. The Hall–Kier alpha value is -0.0800. The number of hydrogen-bond donors (Lipinski definition) is 1. The van der Waals surface area contributed by atoms with E-state index in [0.29, 0.717) is 12.1 Å². The quantitative estimate of drug-likeness (QED) is 0.662. The summed E-state index contributed by atoms with van der Waals surface area (Å²) in [6.45, 7) is 10.8. The second-order valence-corrected chi connectivity index (χ2v) is 3.60. The summed E-state index contributed by atoms with van der Waals surface area (Å²) in [5, 5.41) is 0. The summed E-state index contributed by atoms with van der Waals surface area (Å²) in [7, 11) is 0. The van der Waals surface area contributed by atoms with Gasteiger partial charge in [-0.15, -0.1) is 0 Å². The van der Waals surface area contributed by atoms with Gasteiger partial charge >= 0.3 is 0 Å². The molecule has 0 aromatic rings. The fourth-order valence-corrected chi connectivity index (χ4v) is 1.80. The summed E-state index contributed by atoms with van der Waals surface area (Å²) in [5.41, 5.74) is 5.73. The molecule has 1 unspecified atom stereocenters. The highest BCUT2D eigenvalue weighted by Crippen LogP contribution is 2.09. The van der Waals surface area contributed by atoms with E-state index in [1.807, 2.05) is 0 Å². The lowest BCUT2D eigenvalue weighted by Crippen LogP contribution is -2.44. The molecule has 2 heteroatoms. The highest BCUT2D eigenvalue weighted by Gasteiger charge is 2.16. The Bertz CT molecular complexity index is 102. The standard InChI is InChI=1S/C10H24N2/c1-5-7-10(8-11)12(6-2)9(3)4/h9-10H,5-8,11H2,1-4H3. The van der Waals surface area contributed by atoms with Crippen LogP contribution in [0.25, 0.3) is 0 Å². The van der Waals surface area contributed by atoms with E-state index in [1.54, 1.807) is 0 Å². The highest BCUT2D eigenvalue weighted by atomic mass is 15.2. The van der Waals surface area contributed by atoms with Crippen LogP contribution in [0.4, 0.5) is 0 Å². The first kappa shape index (κ1) is 11.9. The topological polar surface area (TPSA) is 29.3 Å². The summed E-state index contributed by atoms with van der Waals surface area (Å²) in [4.78, 5) is 2.48. The second-order valence-electron chi connectivity index (χ2n) is 3.60. The van der Waals surface area contributed by atoms with Crippen LogP contribution in [0.3, 0.4) is 0 Å². The van der Waals surface area contributed by atoms with Crippen LogP contribution in [-0.4, -0.2) is 30.1 Å². The number of rotatable bonds is 6. The molecule has 74 valence electrons. The Morgan fingerprint density at radius 1 is 1.25 bits per heavy atom. The fourth-order valence-electron chi connectivity index (χ4n) is 1.80. The van der Waals surface area contributed by atoms with Crippen LogP contribution in [0.1, 0.15) is 40.5 Å². The van der Waals surface area contributed by atoms with E-state index >= 15 is 0 Å². The number of nitrogens with zero attached hydrogens (tertiary/aromatic N) is 1. The van der Waals surface area contributed by atoms with E-state index in [-0.39, 0.29) is 0 Å². The van der Waals surface area contributed by atoms with Crippen molar-refractivity contribution in [3.8, 4) is 0 Å². The molecule has 0 heterocycles. The lowest BCUT2D eigenvalue weighted by Gasteiger charge is -2.33. The molecule has 0 spiro atoms. The molecule has 0 aromatic carbocycles. The summed E-state index contributed by atoms with van der Waals surface area (Å²) >= 11 is 0. The first-order chi connectivity index (χ1) is 5.67. The normalized spacial score (nSPS) is 14.2. The van der Waals surface area contributed by atoms with E-state index in [4.69, 9.17) is 5.73 Å². The van der Waals surface area contributed by atoms with Gasteiger partial charge in [0.05, 0.1) is 0 Å². The summed E-state index contributed by atoms with van der Waals surface area (Å²) in [6.07, 6.45) is 2.45. The van der Waals surface area contributed by atoms with E-state index < -0.39 is 0 Å². The van der Waals surface area contributed by atoms with Crippen molar-refractivity contribution in [1.29, 1.82) is 0 Å². The molecule has 1 atom stereocenters. The van der Waals surface area contributed by atoms with Crippen molar-refractivity contribution in [2.75, 3.05) is 13.1 Å². The molecule has 0 fully saturated rings. The first-order valence-electron chi connectivity index (χ1n) is 5.13. The smallest absolute Gasteiger partial charge is 0.0220 e. The molecule has 0 amide bonds. The van der Waals surface area contributed by atoms with Crippen molar-refractivity contribution in [3.63, 3.8) is 0 Å². The van der Waals surface area contributed by atoms with E-state index in [9.17, 15) is 0 Å². The SMILES string of the molecule is CCCC(CN)N(CC)C(C)C. The Balaban J connectivity index is 4.02. The van der Waals surface area contributed by atoms with Gasteiger partial charge in [-0.2, -0.15) is 0 Å². The minimum atomic E-state index is 0.583. The molecule has 0 aromatic heterocycles. The van der Waals surface area contributed by atoms with Gasteiger partial charge in [-0.05, 0) is 26.8 Å². The van der Waals surface area contributed by atoms with Crippen LogP contribution >= 0.6 is 0 Å². The molecule has 0 bridgehead atoms. The molecule has 0 aliphatic carbocycles. The van der Waals surface area contributed by atoms with Crippen molar-refractivity contribution in [3.05, 3.63) is 0 Å². The third-order valence-electron chi connectivity index (χ3n) is 2.39. The van der Waals surface area contributed by atoms with Crippen LogP contribution in [0, 0.1) is 0 Å². The van der Waals surface area contributed by atoms with Crippen LogP contribution in [0.2, 0.25) is 0 Å². The molecule has 2 N–H and O–H groups in total. The largest absolute Gasteiger partial charge is 0.329 e. The molecular formula is C10H24N2. The average molecular weight is 172 g/mol. The van der Waals surface area contributed by atoms with Crippen molar-refractivity contribution >= 4 is 0 Å². The van der Waals surface area contributed by atoms with E-state index in [2.05, 4.69) is 32.6 Å². The third-order valence-corrected chi connectivity index (χ3v) is 2.39. The summed E-state index contributed by atoms with van der Waals surface area (Å²) < 4.78 is 0. The van der Waals surface area contributed by atoms with Crippen molar-refractivity contribution < 1.29 is 0 Å². The number of nitrogens with two attached hydrogens (primary N) is 1. The molecule has 12 heavy (non-hydrogen) atoms. The number of hydrogen-bond acceptors (Lipinski definition) is 2. The van der Waals surface area contributed by atoms with Gasteiger partial charge in [-0.25, -0.2) is 0 Å².